The van der Waals surface area contributed by atoms with Crippen LogP contribution < -0.4 is 10.1 Å². The molecule has 1 aromatic rings. The Kier molecular flexibility index (Phi) is 7.54. The molecule has 0 bridgehead atoms. The molecule has 1 aromatic carbocycles. The quantitative estimate of drug-likeness (QED) is 0.735. The van der Waals surface area contributed by atoms with E-state index in [1.165, 1.54) is 12.8 Å². The largest absolute Gasteiger partial charge is 0.504 e. The number of nitrogens with zero attached hydrogens (tertiary/aromatic N) is 1. The lowest BCUT2D eigenvalue weighted by Crippen LogP contribution is -2.42. The van der Waals surface area contributed by atoms with Crippen LogP contribution in [0.25, 0.3) is 0 Å². The molecule has 1 unspecified atom stereocenters. The molecule has 0 aromatic heterocycles. The summed E-state index contributed by atoms with van der Waals surface area (Å²) in [6.07, 6.45) is 2.37. The molecule has 0 radical (unpaired) electrons. The van der Waals surface area contributed by atoms with Gasteiger partial charge in [0.1, 0.15) is 0 Å². The van der Waals surface area contributed by atoms with Crippen molar-refractivity contribution in [1.82, 2.24) is 10.2 Å². The van der Waals surface area contributed by atoms with Crippen LogP contribution in [0.3, 0.4) is 0 Å². The molecule has 4 nitrogen and oxygen atoms in total. The van der Waals surface area contributed by atoms with Gasteiger partial charge in [-0.1, -0.05) is 38.8 Å². The minimum absolute atomic E-state index is 0.233. The van der Waals surface area contributed by atoms with Gasteiger partial charge in [0, 0.05) is 24.7 Å². The fourth-order valence-electron chi connectivity index (χ4n) is 2.83. The van der Waals surface area contributed by atoms with E-state index in [2.05, 4.69) is 38.2 Å². The summed E-state index contributed by atoms with van der Waals surface area (Å²) in [4.78, 5) is 2.29. The van der Waals surface area contributed by atoms with Gasteiger partial charge in [-0.25, -0.2) is 0 Å². The van der Waals surface area contributed by atoms with Gasteiger partial charge in [-0.2, -0.15) is 0 Å². The molecular formula is C17H30N2O2. The van der Waals surface area contributed by atoms with Gasteiger partial charge in [0.2, 0.25) is 0 Å². The van der Waals surface area contributed by atoms with E-state index in [4.69, 9.17) is 4.74 Å². The van der Waals surface area contributed by atoms with Crippen molar-refractivity contribution in [2.75, 3.05) is 27.7 Å². The molecule has 0 spiro atoms. The summed E-state index contributed by atoms with van der Waals surface area (Å²) in [5, 5.41) is 13.6. The van der Waals surface area contributed by atoms with Gasteiger partial charge in [0.15, 0.2) is 11.5 Å². The molecule has 1 atom stereocenters. The third-order valence-electron chi connectivity index (χ3n) is 4.23. The number of likely N-dealkylation sites (N-methyl/N-ethyl adjacent to an activating group) is 1. The minimum atomic E-state index is 0.233. The molecule has 4 heteroatoms. The van der Waals surface area contributed by atoms with E-state index >= 15 is 0 Å². The molecule has 0 aliphatic carbocycles. The van der Waals surface area contributed by atoms with Crippen LogP contribution in [0, 0.1) is 5.92 Å². The summed E-state index contributed by atoms with van der Waals surface area (Å²) in [7, 11) is 5.84. The van der Waals surface area contributed by atoms with Crippen LogP contribution >= 0.6 is 0 Å². The van der Waals surface area contributed by atoms with Crippen LogP contribution in [-0.2, 0) is 6.54 Å². The summed E-state index contributed by atoms with van der Waals surface area (Å²) in [6, 6.07) is 6.10. The molecule has 1 rings (SSSR count). The number of phenolic OH excluding ortho intramolecular Hbond substituents is 1. The van der Waals surface area contributed by atoms with E-state index in [-0.39, 0.29) is 5.75 Å². The van der Waals surface area contributed by atoms with Crippen LogP contribution in [0.5, 0.6) is 11.5 Å². The maximum Gasteiger partial charge on any atom is 0.162 e. The zero-order valence-electron chi connectivity index (χ0n) is 14.0. The predicted molar refractivity (Wildman–Crippen MR) is 87.9 cm³/mol. The second kappa shape index (κ2) is 8.90. The van der Waals surface area contributed by atoms with Gasteiger partial charge in [-0.3, -0.25) is 0 Å². The summed E-state index contributed by atoms with van der Waals surface area (Å²) >= 11 is 0. The first kappa shape index (κ1) is 17.8. The van der Waals surface area contributed by atoms with E-state index in [1.54, 1.807) is 13.2 Å². The third-order valence-corrected chi connectivity index (χ3v) is 4.23. The highest BCUT2D eigenvalue weighted by Crippen LogP contribution is 2.29. The van der Waals surface area contributed by atoms with Gasteiger partial charge in [-0.05, 0) is 26.1 Å². The molecule has 0 saturated carbocycles. The number of methoxy groups -OCH3 is 1. The van der Waals surface area contributed by atoms with Crippen LogP contribution in [0.4, 0.5) is 0 Å². The van der Waals surface area contributed by atoms with Gasteiger partial charge < -0.3 is 20.1 Å². The molecule has 0 heterocycles. The van der Waals surface area contributed by atoms with Crippen LogP contribution in [0.15, 0.2) is 18.2 Å². The third kappa shape index (κ3) is 4.90. The molecule has 0 amide bonds. The van der Waals surface area contributed by atoms with Gasteiger partial charge in [0.25, 0.3) is 0 Å². The first-order valence-electron chi connectivity index (χ1n) is 7.77. The minimum Gasteiger partial charge on any atom is -0.504 e. The van der Waals surface area contributed by atoms with Crippen LogP contribution in [0.1, 0.15) is 32.3 Å². The van der Waals surface area contributed by atoms with Crippen molar-refractivity contribution in [3.05, 3.63) is 23.8 Å². The van der Waals surface area contributed by atoms with Crippen LogP contribution in [0.2, 0.25) is 0 Å². The van der Waals surface area contributed by atoms with E-state index in [0.717, 1.165) is 12.1 Å². The Morgan fingerprint density at radius 3 is 2.43 bits per heavy atom. The fourth-order valence-corrected chi connectivity index (χ4v) is 2.83. The first-order chi connectivity index (χ1) is 10.0. The molecule has 0 aliphatic heterocycles. The molecular weight excluding hydrogens is 264 g/mol. The van der Waals surface area contributed by atoms with Crippen molar-refractivity contribution in [3.63, 3.8) is 0 Å². The molecule has 21 heavy (non-hydrogen) atoms. The van der Waals surface area contributed by atoms with E-state index in [9.17, 15) is 5.11 Å². The SMILES string of the molecule is CCC(CC)C(CNCc1cccc(OC)c1O)N(C)C. The molecule has 120 valence electrons. The average molecular weight is 294 g/mol. The van der Waals surface area contributed by atoms with Crippen molar-refractivity contribution < 1.29 is 9.84 Å². The number of nitrogens with one attached hydrogen (secondary N) is 1. The lowest BCUT2D eigenvalue weighted by atomic mass is 9.93. The highest BCUT2D eigenvalue weighted by molar-refractivity contribution is 5.45. The fraction of sp³-hybridized carbons (Fsp3) is 0.647. The number of ether oxygens (including phenoxy) is 1. The number of hydrogen-bond donors (Lipinski definition) is 2. The summed E-state index contributed by atoms with van der Waals surface area (Å²) in [6.45, 7) is 6.06. The van der Waals surface area contributed by atoms with E-state index in [1.807, 2.05) is 12.1 Å². The predicted octanol–water partition coefficient (Wildman–Crippen LogP) is 2.86. The van der Waals surface area contributed by atoms with E-state index in [0.29, 0.717) is 24.3 Å². The standard InChI is InChI=1S/C17H30N2O2/c1-6-13(7-2)15(19(3)4)12-18-11-14-9-8-10-16(21-5)17(14)20/h8-10,13,15,18,20H,6-7,11-12H2,1-5H3. The Hall–Kier alpha value is -1.26. The van der Waals surface area contributed by atoms with Gasteiger partial charge in [0.05, 0.1) is 7.11 Å². The van der Waals surface area contributed by atoms with Crippen molar-refractivity contribution in [1.29, 1.82) is 0 Å². The lowest BCUT2D eigenvalue weighted by Gasteiger charge is -2.31. The summed E-state index contributed by atoms with van der Waals surface area (Å²) in [5.74, 6) is 1.45. The first-order valence-corrected chi connectivity index (χ1v) is 7.77. The highest BCUT2D eigenvalue weighted by atomic mass is 16.5. The molecule has 0 aliphatic rings. The smallest absolute Gasteiger partial charge is 0.162 e. The monoisotopic (exact) mass is 294 g/mol. The van der Waals surface area contributed by atoms with Crippen molar-refractivity contribution in [2.45, 2.75) is 39.3 Å². The molecule has 0 fully saturated rings. The maximum absolute atomic E-state index is 10.1. The maximum atomic E-state index is 10.1. The molecule has 2 N–H and O–H groups in total. The second-order valence-electron chi connectivity index (χ2n) is 5.71. The van der Waals surface area contributed by atoms with Gasteiger partial charge >= 0.3 is 0 Å². The Morgan fingerprint density at radius 2 is 1.90 bits per heavy atom. The summed E-state index contributed by atoms with van der Waals surface area (Å²) in [5.41, 5.74) is 0.872. The van der Waals surface area contributed by atoms with Crippen molar-refractivity contribution in [3.8, 4) is 11.5 Å². The Morgan fingerprint density at radius 1 is 1.24 bits per heavy atom. The number of phenols is 1. The Bertz CT molecular complexity index is 417. The normalized spacial score (nSPS) is 12.9. The number of para-hydroxylation sites is 1. The number of hydrogen-bond acceptors (Lipinski definition) is 4. The highest BCUT2D eigenvalue weighted by Gasteiger charge is 2.20. The number of rotatable bonds is 9. The average Bonchev–Trinajstić information content (AvgIpc) is 2.48. The second-order valence-corrected chi connectivity index (χ2v) is 5.71. The lowest BCUT2D eigenvalue weighted by molar-refractivity contribution is 0.193. The Labute approximate surface area is 129 Å². The number of aromatic hydroxyl groups is 1. The Balaban J connectivity index is 2.62. The van der Waals surface area contributed by atoms with Gasteiger partial charge in [-0.15, -0.1) is 0 Å². The van der Waals surface area contributed by atoms with Crippen molar-refractivity contribution in [2.24, 2.45) is 5.92 Å². The zero-order chi connectivity index (χ0) is 15.8. The molecule has 0 saturated heterocycles. The van der Waals surface area contributed by atoms with Crippen LogP contribution in [-0.4, -0.2) is 43.8 Å². The summed E-state index contributed by atoms with van der Waals surface area (Å²) < 4.78 is 5.14. The number of benzene rings is 1. The zero-order valence-corrected chi connectivity index (χ0v) is 14.0. The van der Waals surface area contributed by atoms with E-state index < -0.39 is 0 Å². The topological polar surface area (TPSA) is 44.7 Å². The van der Waals surface area contributed by atoms with Crippen molar-refractivity contribution >= 4 is 0 Å².